The van der Waals surface area contributed by atoms with Gasteiger partial charge in [0.15, 0.2) is 16.6 Å². The van der Waals surface area contributed by atoms with Crippen LogP contribution >= 0.6 is 11.3 Å². The molecule has 0 radical (unpaired) electrons. The number of nitro benzene ring substituents is 1. The van der Waals surface area contributed by atoms with E-state index in [-0.39, 0.29) is 27.7 Å². The van der Waals surface area contributed by atoms with Gasteiger partial charge in [0.25, 0.3) is 11.8 Å². The molecule has 0 saturated carbocycles. The Kier molecular flexibility index (Phi) is 6.31. The standard InChI is InChI=1S/C19H17N5O6S/c1-29-12-6-4-11(5-7-12)21-19-22-15(16(20)25)18(31-19)23-17(26)10-3-8-14(30-2)13(9-10)24(27)28/h3-9H,1-2H3,(H2,20,25)(H,21,22)(H,23,26). The van der Waals surface area contributed by atoms with Gasteiger partial charge in [0.05, 0.1) is 19.1 Å². The molecule has 31 heavy (non-hydrogen) atoms. The van der Waals surface area contributed by atoms with Crippen LogP contribution in [0.1, 0.15) is 20.8 Å². The van der Waals surface area contributed by atoms with Gasteiger partial charge in [-0.25, -0.2) is 4.98 Å². The number of hydrogen-bond acceptors (Lipinski definition) is 9. The molecule has 0 unspecified atom stereocenters. The second kappa shape index (κ2) is 9.09. The molecule has 11 nitrogen and oxygen atoms in total. The molecule has 0 fully saturated rings. The van der Waals surface area contributed by atoms with Crippen LogP contribution in [0.25, 0.3) is 0 Å². The highest BCUT2D eigenvalue weighted by Crippen LogP contribution is 2.32. The Bertz CT molecular complexity index is 1150. The normalized spacial score (nSPS) is 10.3. The summed E-state index contributed by atoms with van der Waals surface area (Å²) in [7, 11) is 2.84. The highest BCUT2D eigenvalue weighted by molar-refractivity contribution is 7.20. The number of nitrogens with two attached hydrogens (primary N) is 1. The van der Waals surface area contributed by atoms with Crippen molar-refractivity contribution >= 4 is 44.7 Å². The molecule has 3 rings (SSSR count). The van der Waals surface area contributed by atoms with Gasteiger partial charge in [0.2, 0.25) is 0 Å². The summed E-state index contributed by atoms with van der Waals surface area (Å²) < 4.78 is 10.0. The molecule has 1 aromatic heterocycles. The number of carbonyl (C=O) groups is 2. The van der Waals surface area contributed by atoms with Crippen LogP contribution < -0.4 is 25.8 Å². The molecule has 0 aliphatic heterocycles. The average Bonchev–Trinajstić information content (AvgIpc) is 3.16. The number of nitrogens with zero attached hydrogens (tertiary/aromatic N) is 2. The van der Waals surface area contributed by atoms with Gasteiger partial charge in [0, 0.05) is 17.3 Å². The van der Waals surface area contributed by atoms with Crippen LogP contribution in [0.3, 0.4) is 0 Å². The first-order valence-corrected chi connectivity index (χ1v) is 9.49. The lowest BCUT2D eigenvalue weighted by Crippen LogP contribution is -2.17. The monoisotopic (exact) mass is 443 g/mol. The minimum absolute atomic E-state index is 0.000911. The topological polar surface area (TPSA) is 159 Å². The zero-order valence-corrected chi connectivity index (χ0v) is 17.2. The number of rotatable bonds is 8. The van der Waals surface area contributed by atoms with Crippen LogP contribution in [0.15, 0.2) is 42.5 Å². The van der Waals surface area contributed by atoms with Gasteiger partial charge in [0.1, 0.15) is 10.8 Å². The summed E-state index contributed by atoms with van der Waals surface area (Å²) in [5.74, 6) is -0.824. The zero-order chi connectivity index (χ0) is 22.5. The summed E-state index contributed by atoms with van der Waals surface area (Å²) in [5, 5.41) is 17.1. The van der Waals surface area contributed by atoms with E-state index in [1.54, 1.807) is 31.4 Å². The van der Waals surface area contributed by atoms with E-state index in [1.165, 1.54) is 19.2 Å². The Morgan fingerprint density at radius 3 is 2.42 bits per heavy atom. The maximum Gasteiger partial charge on any atom is 0.311 e. The molecular weight excluding hydrogens is 426 g/mol. The lowest BCUT2D eigenvalue weighted by molar-refractivity contribution is -0.385. The smallest absolute Gasteiger partial charge is 0.311 e. The van der Waals surface area contributed by atoms with E-state index in [0.717, 1.165) is 17.4 Å². The third-order valence-corrected chi connectivity index (χ3v) is 4.95. The van der Waals surface area contributed by atoms with E-state index in [2.05, 4.69) is 15.6 Å². The number of amides is 2. The second-order valence-corrected chi connectivity index (χ2v) is 7.01. The minimum atomic E-state index is -0.838. The summed E-state index contributed by atoms with van der Waals surface area (Å²) in [5.41, 5.74) is 5.55. The van der Waals surface area contributed by atoms with Crippen LogP contribution in [-0.4, -0.2) is 35.9 Å². The number of ether oxygens (including phenoxy) is 2. The van der Waals surface area contributed by atoms with E-state index in [9.17, 15) is 19.7 Å². The number of benzene rings is 2. The first-order chi connectivity index (χ1) is 14.8. The Labute approximate surface area is 180 Å². The molecule has 0 atom stereocenters. The molecule has 12 heteroatoms. The molecule has 2 amide bonds. The molecule has 0 aliphatic carbocycles. The number of nitro groups is 1. The van der Waals surface area contributed by atoms with Crippen LogP contribution in [0, 0.1) is 10.1 Å². The molecule has 1 heterocycles. The predicted molar refractivity (Wildman–Crippen MR) is 115 cm³/mol. The van der Waals surface area contributed by atoms with Gasteiger partial charge in [-0.1, -0.05) is 11.3 Å². The molecule has 0 bridgehead atoms. The quantitative estimate of drug-likeness (QED) is 0.354. The number of anilines is 3. The van der Waals surface area contributed by atoms with Crippen molar-refractivity contribution in [2.24, 2.45) is 5.73 Å². The lowest BCUT2D eigenvalue weighted by Gasteiger charge is -2.06. The van der Waals surface area contributed by atoms with E-state index >= 15 is 0 Å². The lowest BCUT2D eigenvalue weighted by atomic mass is 10.1. The Morgan fingerprint density at radius 1 is 1.13 bits per heavy atom. The van der Waals surface area contributed by atoms with Crippen molar-refractivity contribution in [3.8, 4) is 11.5 Å². The van der Waals surface area contributed by atoms with Gasteiger partial charge in [-0.05, 0) is 36.4 Å². The fourth-order valence-corrected chi connectivity index (χ4v) is 3.46. The molecule has 0 spiro atoms. The van der Waals surface area contributed by atoms with E-state index in [1.807, 2.05) is 0 Å². The molecule has 0 aliphatic rings. The van der Waals surface area contributed by atoms with Crippen molar-refractivity contribution in [2.75, 3.05) is 24.9 Å². The van der Waals surface area contributed by atoms with Crippen LogP contribution in [0.5, 0.6) is 11.5 Å². The fourth-order valence-electron chi connectivity index (χ4n) is 2.57. The van der Waals surface area contributed by atoms with Gasteiger partial charge in [-0.3, -0.25) is 19.7 Å². The average molecular weight is 443 g/mol. The van der Waals surface area contributed by atoms with E-state index in [0.29, 0.717) is 16.6 Å². The molecule has 3 aromatic rings. The zero-order valence-electron chi connectivity index (χ0n) is 16.4. The first-order valence-electron chi connectivity index (χ1n) is 8.68. The van der Waals surface area contributed by atoms with Crippen LogP contribution in [0.2, 0.25) is 0 Å². The van der Waals surface area contributed by atoms with Gasteiger partial charge in [-0.15, -0.1) is 0 Å². The number of primary amides is 1. The highest BCUT2D eigenvalue weighted by Gasteiger charge is 2.22. The highest BCUT2D eigenvalue weighted by atomic mass is 32.1. The number of hydrogen-bond donors (Lipinski definition) is 3. The van der Waals surface area contributed by atoms with Crippen molar-refractivity contribution in [1.29, 1.82) is 0 Å². The van der Waals surface area contributed by atoms with Crippen molar-refractivity contribution in [3.63, 3.8) is 0 Å². The molecule has 4 N–H and O–H groups in total. The second-order valence-electron chi connectivity index (χ2n) is 6.01. The number of thiazole rings is 1. The molecular formula is C19H17N5O6S. The largest absolute Gasteiger partial charge is 0.497 e. The SMILES string of the molecule is COc1ccc(Nc2nc(C(N)=O)c(NC(=O)c3ccc(OC)c([N+](=O)[O-])c3)s2)cc1. The number of aromatic nitrogens is 1. The van der Waals surface area contributed by atoms with Gasteiger partial charge in [-0.2, -0.15) is 0 Å². The predicted octanol–water partition coefficient (Wildman–Crippen LogP) is 3.16. The van der Waals surface area contributed by atoms with Crippen molar-refractivity contribution in [2.45, 2.75) is 0 Å². The number of carbonyl (C=O) groups excluding carboxylic acids is 2. The molecule has 0 saturated heterocycles. The number of methoxy groups -OCH3 is 2. The minimum Gasteiger partial charge on any atom is -0.497 e. The first kappa shape index (κ1) is 21.5. The van der Waals surface area contributed by atoms with E-state index < -0.39 is 16.7 Å². The third-order valence-electron chi connectivity index (χ3n) is 4.07. The summed E-state index contributed by atoms with van der Waals surface area (Å²) in [6, 6.07) is 10.7. The van der Waals surface area contributed by atoms with Crippen LogP contribution in [-0.2, 0) is 0 Å². The Hall–Kier alpha value is -4.19. The number of nitrogens with one attached hydrogen (secondary N) is 2. The van der Waals surface area contributed by atoms with E-state index in [4.69, 9.17) is 15.2 Å². The third kappa shape index (κ3) is 4.87. The summed E-state index contributed by atoms with van der Waals surface area (Å²) in [6.45, 7) is 0. The maximum atomic E-state index is 12.6. The van der Waals surface area contributed by atoms with Crippen molar-refractivity contribution in [3.05, 3.63) is 63.8 Å². The fraction of sp³-hybridized carbons (Fsp3) is 0.105. The summed E-state index contributed by atoms with van der Waals surface area (Å²) in [6.07, 6.45) is 0. The maximum absolute atomic E-state index is 12.6. The summed E-state index contributed by atoms with van der Waals surface area (Å²) >= 11 is 0.989. The van der Waals surface area contributed by atoms with Gasteiger partial charge >= 0.3 is 5.69 Å². The summed E-state index contributed by atoms with van der Waals surface area (Å²) in [4.78, 5) is 39.1. The van der Waals surface area contributed by atoms with Crippen molar-refractivity contribution in [1.82, 2.24) is 4.98 Å². The molecule has 160 valence electrons. The van der Waals surface area contributed by atoms with Crippen LogP contribution in [0.4, 0.5) is 21.5 Å². The Balaban J connectivity index is 1.85. The van der Waals surface area contributed by atoms with Gasteiger partial charge < -0.3 is 25.8 Å². The Morgan fingerprint density at radius 2 is 1.84 bits per heavy atom. The van der Waals surface area contributed by atoms with Crippen molar-refractivity contribution < 1.29 is 24.0 Å². The molecule has 2 aromatic carbocycles.